The van der Waals surface area contributed by atoms with Gasteiger partial charge in [-0.3, -0.25) is 24.0 Å². The summed E-state index contributed by atoms with van der Waals surface area (Å²) in [4.78, 5) is 68.6. The topological polar surface area (TPSA) is 231 Å². The molecule has 0 saturated heterocycles. The monoisotopic (exact) mass is 435 g/mol. The van der Waals surface area contributed by atoms with E-state index in [1.54, 1.807) is 0 Å². The van der Waals surface area contributed by atoms with Gasteiger partial charge in [-0.05, 0) is 13.3 Å². The molecule has 4 unspecified atom stereocenters. The number of hydrogen-bond donors (Lipinski definition) is 8. The van der Waals surface area contributed by atoms with Crippen LogP contribution < -0.4 is 27.4 Å². The van der Waals surface area contributed by atoms with E-state index in [1.165, 1.54) is 6.92 Å². The molecular formula is C15H25N5O8S. The molecule has 14 heteroatoms. The molecule has 29 heavy (non-hydrogen) atoms. The zero-order chi connectivity index (χ0) is 22.7. The van der Waals surface area contributed by atoms with Crippen molar-refractivity contribution in [2.45, 2.75) is 50.4 Å². The lowest BCUT2D eigenvalue weighted by Gasteiger charge is -2.22. The molecule has 0 aliphatic heterocycles. The van der Waals surface area contributed by atoms with E-state index >= 15 is 0 Å². The molecule has 13 nitrogen and oxygen atoms in total. The van der Waals surface area contributed by atoms with Gasteiger partial charge in [-0.25, -0.2) is 4.79 Å². The van der Waals surface area contributed by atoms with Gasteiger partial charge in [0.2, 0.25) is 23.6 Å². The fourth-order valence-electron chi connectivity index (χ4n) is 1.96. The number of carbonyl (C=O) groups is 6. The molecule has 9 N–H and O–H groups in total. The normalized spacial score (nSPS) is 14.6. The minimum atomic E-state index is -1.56. The lowest BCUT2D eigenvalue weighted by molar-refractivity contribution is -0.143. The Kier molecular flexibility index (Phi) is 11.3. The van der Waals surface area contributed by atoms with Gasteiger partial charge in [0.25, 0.3) is 0 Å². The maximum absolute atomic E-state index is 12.2. The molecule has 0 bridgehead atoms. The molecule has 0 aromatic heterocycles. The van der Waals surface area contributed by atoms with Gasteiger partial charge >= 0.3 is 11.9 Å². The SMILES string of the molecule is CC(NC(=O)C(CS)NC(=O)C(N)CCC(=O)O)C(=O)NC(CC(N)=O)C(=O)O. The third-order valence-electron chi connectivity index (χ3n) is 3.59. The van der Waals surface area contributed by atoms with Crippen LogP contribution in [0.4, 0.5) is 0 Å². The molecule has 4 amide bonds. The summed E-state index contributed by atoms with van der Waals surface area (Å²) < 4.78 is 0. The van der Waals surface area contributed by atoms with E-state index < -0.39 is 66.2 Å². The molecule has 0 fully saturated rings. The number of carboxylic acid groups (broad SMARTS) is 2. The lowest BCUT2D eigenvalue weighted by Crippen LogP contribution is -2.57. The number of nitrogens with two attached hydrogens (primary N) is 2. The standard InChI is InChI=1S/C15H25N5O8S/c1-6(12(24)19-8(15(27)28)4-10(17)21)18-14(26)9(5-29)20-13(25)7(16)2-3-11(22)23/h6-9,29H,2-5,16H2,1H3,(H2,17,21)(H,18,26)(H,19,24)(H,20,25)(H,22,23)(H,27,28). The summed E-state index contributed by atoms with van der Waals surface area (Å²) >= 11 is 3.94. The number of aliphatic carboxylic acids is 2. The number of hydrogen-bond acceptors (Lipinski definition) is 8. The van der Waals surface area contributed by atoms with Crippen molar-refractivity contribution in [2.75, 3.05) is 5.75 Å². The summed E-state index contributed by atoms with van der Waals surface area (Å²) in [7, 11) is 0. The summed E-state index contributed by atoms with van der Waals surface area (Å²) in [5, 5.41) is 24.2. The fraction of sp³-hybridized carbons (Fsp3) is 0.600. The number of primary amides is 1. The van der Waals surface area contributed by atoms with Crippen molar-refractivity contribution in [1.29, 1.82) is 0 Å². The van der Waals surface area contributed by atoms with Crippen LogP contribution in [0.25, 0.3) is 0 Å². The molecule has 0 rings (SSSR count). The van der Waals surface area contributed by atoms with E-state index in [4.69, 9.17) is 21.7 Å². The van der Waals surface area contributed by atoms with Crippen LogP contribution in [-0.4, -0.2) is 75.7 Å². The number of carbonyl (C=O) groups excluding carboxylic acids is 4. The molecule has 164 valence electrons. The first-order valence-corrected chi connectivity index (χ1v) is 9.02. The van der Waals surface area contributed by atoms with Crippen molar-refractivity contribution in [3.05, 3.63) is 0 Å². The van der Waals surface area contributed by atoms with Gasteiger partial charge in [-0.15, -0.1) is 0 Å². The number of carboxylic acids is 2. The first-order chi connectivity index (χ1) is 13.4. The highest BCUT2D eigenvalue weighted by molar-refractivity contribution is 7.80. The van der Waals surface area contributed by atoms with E-state index in [2.05, 4.69) is 28.6 Å². The Morgan fingerprint density at radius 3 is 1.93 bits per heavy atom. The minimum absolute atomic E-state index is 0.142. The number of thiol groups is 1. The third kappa shape index (κ3) is 10.3. The van der Waals surface area contributed by atoms with Gasteiger partial charge < -0.3 is 37.6 Å². The summed E-state index contributed by atoms with van der Waals surface area (Å²) in [5.41, 5.74) is 10.5. The van der Waals surface area contributed by atoms with E-state index in [0.717, 1.165) is 0 Å². The highest BCUT2D eigenvalue weighted by Crippen LogP contribution is 1.99. The molecular weight excluding hydrogens is 410 g/mol. The molecule has 0 aliphatic rings. The van der Waals surface area contributed by atoms with Crippen LogP contribution in [0.1, 0.15) is 26.2 Å². The van der Waals surface area contributed by atoms with Crippen LogP contribution in [0, 0.1) is 0 Å². The van der Waals surface area contributed by atoms with Crippen molar-refractivity contribution in [3.63, 3.8) is 0 Å². The Balaban J connectivity index is 4.80. The highest BCUT2D eigenvalue weighted by atomic mass is 32.1. The van der Waals surface area contributed by atoms with Crippen LogP contribution in [0.15, 0.2) is 0 Å². The van der Waals surface area contributed by atoms with Gasteiger partial charge in [0.05, 0.1) is 12.5 Å². The van der Waals surface area contributed by atoms with Gasteiger partial charge in [0.1, 0.15) is 18.1 Å². The second kappa shape index (κ2) is 12.6. The average molecular weight is 435 g/mol. The second-order valence-electron chi connectivity index (χ2n) is 6.08. The predicted octanol–water partition coefficient (Wildman–Crippen LogP) is -3.46. The van der Waals surface area contributed by atoms with Crippen LogP contribution in [0.3, 0.4) is 0 Å². The van der Waals surface area contributed by atoms with E-state index in [1.807, 2.05) is 0 Å². The number of amides is 4. The van der Waals surface area contributed by atoms with Crippen LogP contribution >= 0.6 is 12.6 Å². The summed E-state index contributed by atoms with van der Waals surface area (Å²) in [5.74, 6) is -6.18. The maximum Gasteiger partial charge on any atom is 0.326 e. The van der Waals surface area contributed by atoms with Gasteiger partial charge in [-0.1, -0.05) is 0 Å². The number of nitrogens with one attached hydrogen (secondary N) is 3. The Labute approximate surface area is 171 Å². The second-order valence-corrected chi connectivity index (χ2v) is 6.45. The molecule has 4 atom stereocenters. The lowest BCUT2D eigenvalue weighted by atomic mass is 10.1. The van der Waals surface area contributed by atoms with E-state index in [9.17, 15) is 28.8 Å². The van der Waals surface area contributed by atoms with Crippen LogP contribution in [0.5, 0.6) is 0 Å². The Bertz CT molecular complexity index is 659. The number of rotatable bonds is 13. The molecule has 0 saturated carbocycles. The van der Waals surface area contributed by atoms with Gasteiger partial charge in [0.15, 0.2) is 0 Å². The summed E-state index contributed by atoms with van der Waals surface area (Å²) in [6.45, 7) is 1.26. The van der Waals surface area contributed by atoms with Crippen molar-refractivity contribution < 1.29 is 39.0 Å². The van der Waals surface area contributed by atoms with Crippen LogP contribution in [0.2, 0.25) is 0 Å². The Morgan fingerprint density at radius 1 is 0.931 bits per heavy atom. The van der Waals surface area contributed by atoms with Crippen molar-refractivity contribution >= 4 is 48.2 Å². The zero-order valence-corrected chi connectivity index (χ0v) is 16.5. The Hall–Kier alpha value is -2.87. The van der Waals surface area contributed by atoms with Gasteiger partial charge in [0, 0.05) is 12.2 Å². The smallest absolute Gasteiger partial charge is 0.326 e. The minimum Gasteiger partial charge on any atom is -0.481 e. The summed E-state index contributed by atoms with van der Waals surface area (Å²) in [6, 6.07) is -5.12. The first kappa shape index (κ1) is 26.1. The first-order valence-electron chi connectivity index (χ1n) is 8.39. The Morgan fingerprint density at radius 2 is 1.48 bits per heavy atom. The highest BCUT2D eigenvalue weighted by Gasteiger charge is 2.28. The van der Waals surface area contributed by atoms with Crippen LogP contribution in [-0.2, 0) is 28.8 Å². The van der Waals surface area contributed by atoms with Crippen molar-refractivity contribution in [1.82, 2.24) is 16.0 Å². The molecule has 0 radical (unpaired) electrons. The molecule has 0 aliphatic carbocycles. The molecule has 0 aromatic carbocycles. The molecule has 0 heterocycles. The average Bonchev–Trinajstić information content (AvgIpc) is 2.62. The van der Waals surface area contributed by atoms with Gasteiger partial charge in [-0.2, -0.15) is 12.6 Å². The summed E-state index contributed by atoms with van der Waals surface area (Å²) in [6.07, 6.45) is -1.11. The zero-order valence-electron chi connectivity index (χ0n) is 15.6. The van der Waals surface area contributed by atoms with E-state index in [-0.39, 0.29) is 18.6 Å². The molecule has 0 aromatic rings. The van der Waals surface area contributed by atoms with Crippen molar-refractivity contribution in [2.24, 2.45) is 11.5 Å². The quantitative estimate of drug-likeness (QED) is 0.134. The largest absolute Gasteiger partial charge is 0.481 e. The molecule has 0 spiro atoms. The third-order valence-corrected chi connectivity index (χ3v) is 3.96. The van der Waals surface area contributed by atoms with Crippen molar-refractivity contribution in [3.8, 4) is 0 Å². The fourth-order valence-corrected chi connectivity index (χ4v) is 2.22. The predicted molar refractivity (Wildman–Crippen MR) is 102 cm³/mol. The van der Waals surface area contributed by atoms with E-state index in [0.29, 0.717) is 0 Å². The maximum atomic E-state index is 12.2.